The predicted octanol–water partition coefficient (Wildman–Crippen LogP) is 3.95. The third-order valence-electron chi connectivity index (χ3n) is 8.38. The molecular formula is C31H38ClN5O4. The maximum Gasteiger partial charge on any atom is 0.270 e. The number of hydrogen-bond acceptors (Lipinski definition) is 7. The van der Waals surface area contributed by atoms with E-state index in [-0.39, 0.29) is 29.4 Å². The summed E-state index contributed by atoms with van der Waals surface area (Å²) in [6.07, 6.45) is 3.46. The van der Waals surface area contributed by atoms with Gasteiger partial charge in [-0.25, -0.2) is 0 Å². The van der Waals surface area contributed by atoms with Gasteiger partial charge in [-0.15, -0.1) is 0 Å². The number of hydrogen-bond donors (Lipinski definition) is 1. The first-order chi connectivity index (χ1) is 19.8. The van der Waals surface area contributed by atoms with Gasteiger partial charge in [-0.2, -0.15) is 0 Å². The van der Waals surface area contributed by atoms with Gasteiger partial charge >= 0.3 is 0 Å². The third kappa shape index (κ3) is 6.36. The van der Waals surface area contributed by atoms with Gasteiger partial charge in [0, 0.05) is 56.6 Å². The van der Waals surface area contributed by atoms with Crippen LogP contribution in [0.4, 0.5) is 11.4 Å². The van der Waals surface area contributed by atoms with E-state index in [1.165, 1.54) is 4.90 Å². The van der Waals surface area contributed by atoms with E-state index in [9.17, 15) is 9.59 Å². The SMILES string of the molecule is CC(COc1ccc(N2CC3(CCOCC3)C2)cc1N(C)C=O)N1CCC(C(Cl)=NCc2ccccc2)=C(N)C1=O. The monoisotopic (exact) mass is 579 g/mol. The molecule has 9 nitrogen and oxygen atoms in total. The van der Waals surface area contributed by atoms with Crippen LogP contribution in [0.15, 0.2) is 64.8 Å². The molecule has 2 amide bonds. The fraction of sp³-hybridized carbons (Fsp3) is 0.452. The zero-order valence-electron chi connectivity index (χ0n) is 23.7. The molecule has 218 valence electrons. The Kier molecular flexibility index (Phi) is 8.85. The van der Waals surface area contributed by atoms with E-state index < -0.39 is 0 Å². The average molecular weight is 580 g/mol. The number of carbonyl (C=O) groups is 2. The number of anilines is 2. The van der Waals surface area contributed by atoms with Crippen molar-refractivity contribution in [3.8, 4) is 5.75 Å². The summed E-state index contributed by atoms with van der Waals surface area (Å²) in [4.78, 5) is 34.9. The fourth-order valence-corrected chi connectivity index (χ4v) is 6.01. The molecular weight excluding hydrogens is 542 g/mol. The van der Waals surface area contributed by atoms with Gasteiger partial charge in [0.1, 0.15) is 23.2 Å². The minimum Gasteiger partial charge on any atom is -0.489 e. The highest BCUT2D eigenvalue weighted by Gasteiger charge is 2.44. The number of ether oxygens (including phenoxy) is 2. The number of aliphatic imine (C=N–C) groups is 1. The Bertz CT molecular complexity index is 1320. The summed E-state index contributed by atoms with van der Waals surface area (Å²) in [5, 5.41) is 0.273. The van der Waals surface area contributed by atoms with Crippen LogP contribution in [0, 0.1) is 5.41 Å². The van der Waals surface area contributed by atoms with Crippen molar-refractivity contribution in [3.05, 3.63) is 65.4 Å². The van der Waals surface area contributed by atoms with Gasteiger partial charge in [0.25, 0.3) is 5.91 Å². The first-order valence-corrected chi connectivity index (χ1v) is 14.5. The van der Waals surface area contributed by atoms with E-state index in [0.717, 1.165) is 56.8 Å². The van der Waals surface area contributed by atoms with Gasteiger partial charge in [-0.05, 0) is 49.9 Å². The quantitative estimate of drug-likeness (QED) is 0.338. The van der Waals surface area contributed by atoms with Crippen molar-refractivity contribution >= 4 is 40.5 Å². The van der Waals surface area contributed by atoms with E-state index in [0.29, 0.717) is 41.9 Å². The molecule has 1 atom stereocenters. The van der Waals surface area contributed by atoms with Crippen LogP contribution >= 0.6 is 11.6 Å². The van der Waals surface area contributed by atoms with E-state index in [1.54, 1.807) is 11.9 Å². The lowest BCUT2D eigenvalue weighted by Crippen LogP contribution is -2.58. The zero-order valence-corrected chi connectivity index (χ0v) is 24.5. The lowest BCUT2D eigenvalue weighted by Gasteiger charge is -2.53. The Hall–Kier alpha value is -3.56. The van der Waals surface area contributed by atoms with Crippen molar-refractivity contribution in [3.63, 3.8) is 0 Å². The van der Waals surface area contributed by atoms with Crippen LogP contribution in [0.3, 0.4) is 0 Å². The van der Waals surface area contributed by atoms with Crippen molar-refractivity contribution in [2.24, 2.45) is 16.1 Å². The summed E-state index contributed by atoms with van der Waals surface area (Å²) < 4.78 is 11.7. The Labute approximate surface area is 246 Å². The molecule has 2 aromatic carbocycles. The van der Waals surface area contributed by atoms with Crippen LogP contribution in [0.5, 0.6) is 5.75 Å². The summed E-state index contributed by atoms with van der Waals surface area (Å²) in [7, 11) is 1.71. The van der Waals surface area contributed by atoms with Crippen molar-refractivity contribution in [1.29, 1.82) is 0 Å². The fourth-order valence-electron chi connectivity index (χ4n) is 5.75. The standard InChI is InChI=1S/C31H38ClN5O4/c1-22(37-13-10-25(28(33)30(37)39)29(32)34-17-23-6-4-3-5-7-23)18-41-27-9-8-24(16-26(27)35(2)21-38)36-19-31(20-36)11-14-40-15-12-31/h3-9,16,21-22H,10-15,17-20,33H2,1-2H3. The summed E-state index contributed by atoms with van der Waals surface area (Å²) in [5.41, 5.74) is 10.1. The van der Waals surface area contributed by atoms with E-state index in [1.807, 2.05) is 55.5 Å². The molecule has 0 aliphatic carbocycles. The molecule has 2 N–H and O–H groups in total. The average Bonchev–Trinajstić information content (AvgIpc) is 2.99. The molecule has 0 bridgehead atoms. The second kappa shape index (κ2) is 12.5. The Balaban J connectivity index is 1.22. The molecule has 1 spiro atoms. The molecule has 0 saturated carbocycles. The zero-order chi connectivity index (χ0) is 29.0. The molecule has 0 aromatic heterocycles. The first-order valence-electron chi connectivity index (χ1n) is 14.1. The van der Waals surface area contributed by atoms with Gasteiger partial charge in [0.05, 0.1) is 18.3 Å². The molecule has 0 radical (unpaired) electrons. The van der Waals surface area contributed by atoms with E-state index >= 15 is 0 Å². The van der Waals surface area contributed by atoms with Gasteiger partial charge < -0.3 is 29.9 Å². The minimum atomic E-state index is -0.282. The number of nitrogens with two attached hydrogens (primary N) is 1. The van der Waals surface area contributed by atoms with Crippen molar-refractivity contribution < 1.29 is 19.1 Å². The van der Waals surface area contributed by atoms with Crippen LogP contribution in [-0.4, -0.2) is 74.9 Å². The van der Waals surface area contributed by atoms with Crippen LogP contribution < -0.4 is 20.3 Å². The van der Waals surface area contributed by atoms with Crippen molar-refractivity contribution in [1.82, 2.24) is 4.90 Å². The van der Waals surface area contributed by atoms with Crippen molar-refractivity contribution in [2.45, 2.75) is 38.8 Å². The number of carbonyl (C=O) groups excluding carboxylic acids is 2. The lowest BCUT2D eigenvalue weighted by molar-refractivity contribution is -0.130. The van der Waals surface area contributed by atoms with Crippen LogP contribution in [0.25, 0.3) is 0 Å². The Morgan fingerprint density at radius 3 is 2.66 bits per heavy atom. The van der Waals surface area contributed by atoms with E-state index in [4.69, 9.17) is 26.8 Å². The van der Waals surface area contributed by atoms with Gasteiger partial charge in [0.2, 0.25) is 6.41 Å². The number of amides is 2. The lowest BCUT2D eigenvalue weighted by atomic mass is 9.73. The molecule has 3 aliphatic heterocycles. The molecule has 2 saturated heterocycles. The Morgan fingerprint density at radius 1 is 1.22 bits per heavy atom. The Morgan fingerprint density at radius 2 is 1.95 bits per heavy atom. The number of benzene rings is 2. The van der Waals surface area contributed by atoms with E-state index in [2.05, 4.69) is 9.89 Å². The first kappa shape index (κ1) is 29.0. The maximum atomic E-state index is 13.2. The van der Waals surface area contributed by atoms with Crippen LogP contribution in [0.1, 0.15) is 31.7 Å². The molecule has 3 heterocycles. The highest BCUT2D eigenvalue weighted by atomic mass is 35.5. The van der Waals surface area contributed by atoms with Crippen LogP contribution in [0.2, 0.25) is 0 Å². The normalized spacial score (nSPS) is 19.7. The summed E-state index contributed by atoms with van der Waals surface area (Å²) in [5.74, 6) is 0.303. The highest BCUT2D eigenvalue weighted by molar-refractivity contribution is 6.69. The molecule has 1 unspecified atom stereocenters. The molecule has 10 heteroatoms. The largest absolute Gasteiger partial charge is 0.489 e. The van der Waals surface area contributed by atoms with Gasteiger partial charge in [0.15, 0.2) is 0 Å². The maximum absolute atomic E-state index is 13.2. The summed E-state index contributed by atoms with van der Waals surface area (Å²) in [6.45, 7) is 6.69. The number of nitrogens with zero attached hydrogens (tertiary/aromatic N) is 4. The summed E-state index contributed by atoms with van der Waals surface area (Å²) >= 11 is 6.47. The second-order valence-corrected chi connectivity index (χ2v) is 11.6. The topological polar surface area (TPSA) is 101 Å². The smallest absolute Gasteiger partial charge is 0.270 e. The predicted molar refractivity (Wildman–Crippen MR) is 162 cm³/mol. The molecule has 3 aliphatic rings. The minimum absolute atomic E-state index is 0.118. The third-order valence-corrected chi connectivity index (χ3v) is 8.72. The van der Waals surface area contributed by atoms with Crippen molar-refractivity contribution in [2.75, 3.05) is 56.3 Å². The van der Waals surface area contributed by atoms with Crippen LogP contribution in [-0.2, 0) is 20.9 Å². The molecule has 5 rings (SSSR count). The molecule has 41 heavy (non-hydrogen) atoms. The number of rotatable bonds is 10. The second-order valence-electron chi connectivity index (χ2n) is 11.2. The highest BCUT2D eigenvalue weighted by Crippen LogP contribution is 2.43. The summed E-state index contributed by atoms with van der Waals surface area (Å²) in [6, 6.07) is 15.5. The number of halogens is 1. The molecule has 2 aromatic rings. The van der Waals surface area contributed by atoms with Gasteiger partial charge in [-0.3, -0.25) is 14.6 Å². The molecule has 2 fully saturated rings. The van der Waals surface area contributed by atoms with Gasteiger partial charge in [-0.1, -0.05) is 41.9 Å².